The molecular formula is C32H39N5O3. The number of likely N-dealkylation sites (tertiary alicyclic amines) is 1. The van der Waals surface area contributed by atoms with Gasteiger partial charge in [-0.15, -0.1) is 0 Å². The molecule has 0 radical (unpaired) electrons. The number of aromatic nitrogens is 2. The first-order chi connectivity index (χ1) is 18.9. The van der Waals surface area contributed by atoms with Crippen molar-refractivity contribution in [1.29, 1.82) is 5.26 Å². The molecule has 1 N–H and O–H groups in total. The molecule has 3 aromatic rings. The van der Waals surface area contributed by atoms with Crippen LogP contribution in [0.3, 0.4) is 0 Å². The Kier molecular flexibility index (Phi) is 8.34. The first-order valence-corrected chi connectivity index (χ1v) is 13.8. The van der Waals surface area contributed by atoms with Gasteiger partial charge in [-0.3, -0.25) is 4.79 Å². The van der Waals surface area contributed by atoms with Crippen molar-refractivity contribution in [2.75, 3.05) is 20.1 Å². The number of nitrogens with zero attached hydrogens (tertiary/aromatic N) is 4. The lowest BCUT2D eigenvalue weighted by atomic mass is 9.88. The smallest absolute Gasteiger partial charge is 0.410 e. The summed E-state index contributed by atoms with van der Waals surface area (Å²) in [6.45, 7) is 13.1. The van der Waals surface area contributed by atoms with Crippen LogP contribution in [0, 0.1) is 32.1 Å². The summed E-state index contributed by atoms with van der Waals surface area (Å²) < 4.78 is 5.47. The Bertz CT molecular complexity index is 1430. The van der Waals surface area contributed by atoms with Gasteiger partial charge in [0, 0.05) is 37.0 Å². The Morgan fingerprint density at radius 2 is 1.75 bits per heavy atom. The third-order valence-electron chi connectivity index (χ3n) is 7.43. The Hall–Kier alpha value is -4.12. The van der Waals surface area contributed by atoms with Crippen molar-refractivity contribution in [2.24, 2.45) is 0 Å². The van der Waals surface area contributed by atoms with Crippen molar-refractivity contribution in [3.05, 3.63) is 75.6 Å². The number of hydrogen-bond acceptors (Lipinski definition) is 5. The topological polar surface area (TPSA) is 102 Å². The molecular weight excluding hydrogens is 502 g/mol. The van der Waals surface area contributed by atoms with Gasteiger partial charge in [0.15, 0.2) is 0 Å². The average molecular weight is 542 g/mol. The second kappa shape index (κ2) is 11.5. The molecule has 0 aliphatic carbocycles. The van der Waals surface area contributed by atoms with Gasteiger partial charge in [-0.1, -0.05) is 18.2 Å². The molecule has 0 unspecified atom stereocenters. The predicted octanol–water partition coefficient (Wildman–Crippen LogP) is 6.26. The number of benzene rings is 2. The fraction of sp³-hybridized carbons (Fsp3) is 0.438. The average Bonchev–Trinajstić information content (AvgIpc) is 3.27. The largest absolute Gasteiger partial charge is 0.444 e. The van der Waals surface area contributed by atoms with Gasteiger partial charge in [-0.05, 0) is 95.2 Å². The highest BCUT2D eigenvalue weighted by Crippen LogP contribution is 2.31. The van der Waals surface area contributed by atoms with Crippen molar-refractivity contribution < 1.29 is 14.3 Å². The van der Waals surface area contributed by atoms with Crippen LogP contribution in [0.5, 0.6) is 0 Å². The Balaban J connectivity index is 1.49. The van der Waals surface area contributed by atoms with Crippen LogP contribution in [0.4, 0.5) is 4.79 Å². The summed E-state index contributed by atoms with van der Waals surface area (Å²) in [4.78, 5) is 37.7. The summed E-state index contributed by atoms with van der Waals surface area (Å²) in [6.07, 6.45) is 1.38. The Morgan fingerprint density at radius 3 is 2.35 bits per heavy atom. The lowest BCUT2D eigenvalue weighted by molar-refractivity contribution is 0.0283. The summed E-state index contributed by atoms with van der Waals surface area (Å²) in [7, 11) is 1.69. The summed E-state index contributed by atoms with van der Waals surface area (Å²) in [6, 6.07) is 13.9. The van der Waals surface area contributed by atoms with Gasteiger partial charge in [-0.2, -0.15) is 5.26 Å². The number of nitriles is 1. The molecule has 1 fully saturated rings. The van der Waals surface area contributed by atoms with Crippen LogP contribution < -0.4 is 0 Å². The maximum atomic E-state index is 13.6. The number of imidazole rings is 1. The van der Waals surface area contributed by atoms with Crippen LogP contribution in [-0.4, -0.2) is 57.5 Å². The zero-order valence-electron chi connectivity index (χ0n) is 24.6. The molecule has 0 bridgehead atoms. The number of hydrogen-bond donors (Lipinski definition) is 1. The van der Waals surface area contributed by atoms with Crippen LogP contribution in [0.2, 0.25) is 0 Å². The number of H-pyrrole nitrogens is 1. The van der Waals surface area contributed by atoms with Crippen LogP contribution in [0.15, 0.2) is 36.4 Å². The SMILES string of the molecule is Cc1cc(C)c(-c2nc(CN(C)C(=O)OC(C)(C)C)c(C)[nH]2)cc1C(=O)N1CCC(c2ccc(C#N)cc2)CC1. The highest BCUT2D eigenvalue weighted by Gasteiger charge is 2.27. The van der Waals surface area contributed by atoms with Crippen LogP contribution >= 0.6 is 0 Å². The number of rotatable bonds is 5. The Morgan fingerprint density at radius 1 is 1.10 bits per heavy atom. The fourth-order valence-electron chi connectivity index (χ4n) is 5.16. The maximum absolute atomic E-state index is 13.6. The van der Waals surface area contributed by atoms with E-state index >= 15 is 0 Å². The summed E-state index contributed by atoms with van der Waals surface area (Å²) in [5.41, 5.74) is 6.44. The number of aromatic amines is 1. The lowest BCUT2D eigenvalue weighted by Gasteiger charge is -2.32. The van der Waals surface area contributed by atoms with E-state index in [9.17, 15) is 9.59 Å². The van der Waals surface area contributed by atoms with Crippen molar-refractivity contribution >= 4 is 12.0 Å². The number of carbonyl (C=O) groups excluding carboxylic acids is 2. The highest BCUT2D eigenvalue weighted by atomic mass is 16.6. The van der Waals surface area contributed by atoms with Gasteiger partial charge in [0.25, 0.3) is 5.91 Å². The number of ether oxygens (including phenoxy) is 1. The molecule has 8 heteroatoms. The minimum Gasteiger partial charge on any atom is -0.444 e. The third kappa shape index (κ3) is 6.53. The molecule has 2 aromatic carbocycles. The number of piperidine rings is 1. The van der Waals surface area contributed by atoms with Crippen molar-refractivity contribution in [1.82, 2.24) is 19.8 Å². The van der Waals surface area contributed by atoms with Gasteiger partial charge in [0.05, 0.1) is 23.9 Å². The number of carbonyl (C=O) groups is 2. The summed E-state index contributed by atoms with van der Waals surface area (Å²) in [5.74, 6) is 1.09. The lowest BCUT2D eigenvalue weighted by Crippen LogP contribution is -2.38. The van der Waals surface area contributed by atoms with E-state index in [0.29, 0.717) is 42.5 Å². The fourth-order valence-corrected chi connectivity index (χ4v) is 5.16. The van der Waals surface area contributed by atoms with Gasteiger partial charge < -0.3 is 19.5 Å². The maximum Gasteiger partial charge on any atom is 0.410 e. The van der Waals surface area contributed by atoms with Gasteiger partial charge >= 0.3 is 6.09 Å². The minimum atomic E-state index is -0.571. The van der Waals surface area contributed by atoms with Crippen LogP contribution in [0.1, 0.15) is 83.5 Å². The molecule has 210 valence electrons. The van der Waals surface area contributed by atoms with Gasteiger partial charge in [-0.25, -0.2) is 9.78 Å². The third-order valence-corrected chi connectivity index (χ3v) is 7.43. The van der Waals surface area contributed by atoms with E-state index in [1.54, 1.807) is 7.05 Å². The second-order valence-corrected chi connectivity index (χ2v) is 11.8. The normalized spacial score (nSPS) is 14.1. The van der Waals surface area contributed by atoms with E-state index < -0.39 is 11.7 Å². The summed E-state index contributed by atoms with van der Waals surface area (Å²) >= 11 is 0. The number of aryl methyl sites for hydroxylation is 3. The molecule has 40 heavy (non-hydrogen) atoms. The molecule has 0 saturated carbocycles. The van der Waals surface area contributed by atoms with Crippen molar-refractivity contribution in [2.45, 2.75) is 72.4 Å². The molecule has 4 rings (SSSR count). The molecule has 1 aliphatic rings. The standard InChI is InChI=1S/C32H39N5O3/c1-20-16-21(2)27(30(38)37-14-12-25(13-15-37)24-10-8-23(18-33)9-11-24)17-26(20)29-34-22(3)28(35-29)19-36(7)31(39)40-32(4,5)6/h8-11,16-17,25H,12-15,19H2,1-7H3,(H,34,35). The molecule has 0 spiro atoms. The molecule has 1 saturated heterocycles. The first kappa shape index (κ1) is 28.9. The molecule has 2 amide bonds. The van der Waals surface area contributed by atoms with E-state index in [1.807, 2.05) is 82.8 Å². The van der Waals surface area contributed by atoms with Crippen molar-refractivity contribution in [3.63, 3.8) is 0 Å². The highest BCUT2D eigenvalue weighted by molar-refractivity contribution is 5.97. The first-order valence-electron chi connectivity index (χ1n) is 13.8. The number of amides is 2. The number of nitrogens with one attached hydrogen (secondary N) is 1. The van der Waals surface area contributed by atoms with E-state index in [2.05, 4.69) is 11.1 Å². The Labute approximate surface area is 237 Å². The van der Waals surface area contributed by atoms with Gasteiger partial charge in [0.2, 0.25) is 0 Å². The predicted molar refractivity (Wildman–Crippen MR) is 155 cm³/mol. The van der Waals surface area contributed by atoms with E-state index in [1.165, 1.54) is 10.5 Å². The quantitative estimate of drug-likeness (QED) is 0.411. The van der Waals surface area contributed by atoms with E-state index in [0.717, 1.165) is 40.9 Å². The molecule has 1 aliphatic heterocycles. The van der Waals surface area contributed by atoms with Crippen LogP contribution in [-0.2, 0) is 11.3 Å². The minimum absolute atomic E-state index is 0.0326. The zero-order valence-corrected chi connectivity index (χ0v) is 24.6. The molecule has 8 nitrogen and oxygen atoms in total. The van der Waals surface area contributed by atoms with Crippen molar-refractivity contribution in [3.8, 4) is 17.5 Å². The summed E-state index contributed by atoms with van der Waals surface area (Å²) in [5, 5.41) is 9.06. The van der Waals surface area contributed by atoms with E-state index in [4.69, 9.17) is 15.0 Å². The molecule has 2 heterocycles. The van der Waals surface area contributed by atoms with Crippen LogP contribution in [0.25, 0.3) is 11.4 Å². The monoisotopic (exact) mass is 541 g/mol. The molecule has 0 atom stereocenters. The van der Waals surface area contributed by atoms with E-state index in [-0.39, 0.29) is 5.91 Å². The second-order valence-electron chi connectivity index (χ2n) is 11.8. The molecule has 1 aromatic heterocycles. The van der Waals surface area contributed by atoms with Gasteiger partial charge in [0.1, 0.15) is 11.4 Å². The zero-order chi connectivity index (χ0) is 29.2.